The molecule has 0 fully saturated rings. The van der Waals surface area contributed by atoms with E-state index < -0.39 is 6.09 Å². The Morgan fingerprint density at radius 1 is 1.12 bits per heavy atom. The van der Waals surface area contributed by atoms with Gasteiger partial charge in [0.25, 0.3) is 0 Å². The summed E-state index contributed by atoms with van der Waals surface area (Å²) in [6.07, 6.45) is 1.34. The van der Waals surface area contributed by atoms with Crippen LogP contribution in [-0.2, 0) is 22.6 Å². The minimum absolute atomic E-state index is 0.0564. The molecule has 0 bridgehead atoms. The zero-order valence-electron chi connectivity index (χ0n) is 13.2. The maximum absolute atomic E-state index is 12.5. The fourth-order valence-corrected chi connectivity index (χ4v) is 3.07. The molecule has 1 heterocycles. The standard InChI is InChI=1S/C19H15BrClNO3/c20-15-6-7-18-17(9-15)14(8-16(23)10-21)11-22(18)19(24)25-12-13-4-2-1-3-5-13/h1-7,9,11H,8,10,12H2. The van der Waals surface area contributed by atoms with Gasteiger partial charge in [-0.3, -0.25) is 9.36 Å². The highest BCUT2D eigenvalue weighted by Crippen LogP contribution is 2.26. The van der Waals surface area contributed by atoms with Crippen LogP contribution in [0.2, 0.25) is 0 Å². The number of fused-ring (bicyclic) bond motifs is 1. The molecule has 128 valence electrons. The normalized spacial score (nSPS) is 10.8. The summed E-state index contributed by atoms with van der Waals surface area (Å²) in [6.45, 7) is 0.186. The van der Waals surface area contributed by atoms with E-state index in [0.29, 0.717) is 5.52 Å². The van der Waals surface area contributed by atoms with Crippen LogP contribution in [0.25, 0.3) is 10.9 Å². The number of alkyl halides is 1. The molecule has 6 heteroatoms. The molecule has 3 aromatic rings. The average Bonchev–Trinajstić information content (AvgIpc) is 2.98. The number of ether oxygens (including phenoxy) is 1. The van der Waals surface area contributed by atoms with Crippen molar-refractivity contribution < 1.29 is 14.3 Å². The van der Waals surface area contributed by atoms with E-state index in [1.54, 1.807) is 6.20 Å². The summed E-state index contributed by atoms with van der Waals surface area (Å²) < 4.78 is 7.70. The number of rotatable bonds is 5. The number of hydrogen-bond acceptors (Lipinski definition) is 3. The van der Waals surface area contributed by atoms with Gasteiger partial charge in [0.15, 0.2) is 5.78 Å². The minimum Gasteiger partial charge on any atom is -0.444 e. The van der Waals surface area contributed by atoms with Gasteiger partial charge in [-0.1, -0.05) is 46.3 Å². The number of carbonyl (C=O) groups is 2. The zero-order chi connectivity index (χ0) is 17.8. The van der Waals surface area contributed by atoms with Crippen LogP contribution in [0, 0.1) is 0 Å². The molecular formula is C19H15BrClNO3. The quantitative estimate of drug-likeness (QED) is 0.549. The Bertz CT molecular complexity index is 921. The molecule has 0 saturated heterocycles. The number of benzene rings is 2. The molecule has 0 spiro atoms. The summed E-state index contributed by atoms with van der Waals surface area (Å²) in [5.74, 6) is -0.155. The molecule has 25 heavy (non-hydrogen) atoms. The number of ketones is 1. The van der Waals surface area contributed by atoms with Crippen molar-refractivity contribution in [3.05, 3.63) is 70.3 Å². The molecule has 0 aliphatic heterocycles. The van der Waals surface area contributed by atoms with Gasteiger partial charge in [0, 0.05) is 22.5 Å². The highest BCUT2D eigenvalue weighted by molar-refractivity contribution is 9.10. The third kappa shape index (κ3) is 4.11. The van der Waals surface area contributed by atoms with Crippen molar-refractivity contribution in [3.63, 3.8) is 0 Å². The molecule has 0 atom stereocenters. The largest absolute Gasteiger partial charge is 0.444 e. The van der Waals surface area contributed by atoms with Gasteiger partial charge in [-0.15, -0.1) is 11.6 Å². The fourth-order valence-electron chi connectivity index (χ4n) is 2.61. The van der Waals surface area contributed by atoms with E-state index in [4.69, 9.17) is 16.3 Å². The molecule has 4 nitrogen and oxygen atoms in total. The Morgan fingerprint density at radius 2 is 1.88 bits per heavy atom. The second-order valence-corrected chi connectivity index (χ2v) is 6.76. The molecule has 3 rings (SSSR count). The summed E-state index contributed by atoms with van der Waals surface area (Å²) in [5.41, 5.74) is 2.35. The van der Waals surface area contributed by atoms with Gasteiger partial charge in [-0.05, 0) is 29.3 Å². The number of aromatic nitrogens is 1. The Morgan fingerprint density at radius 3 is 2.60 bits per heavy atom. The lowest BCUT2D eigenvalue weighted by atomic mass is 10.1. The van der Waals surface area contributed by atoms with E-state index in [-0.39, 0.29) is 24.7 Å². The van der Waals surface area contributed by atoms with E-state index in [9.17, 15) is 9.59 Å². The van der Waals surface area contributed by atoms with Crippen LogP contribution in [0.3, 0.4) is 0 Å². The van der Waals surface area contributed by atoms with Gasteiger partial charge in [-0.2, -0.15) is 0 Å². The van der Waals surface area contributed by atoms with Crippen LogP contribution in [-0.4, -0.2) is 22.3 Å². The second kappa shape index (κ2) is 7.85. The van der Waals surface area contributed by atoms with Crippen LogP contribution >= 0.6 is 27.5 Å². The third-order valence-electron chi connectivity index (χ3n) is 3.79. The molecule has 0 radical (unpaired) electrons. The van der Waals surface area contributed by atoms with E-state index in [1.165, 1.54) is 4.57 Å². The SMILES string of the molecule is O=C(CCl)Cc1cn(C(=O)OCc2ccccc2)c2ccc(Br)cc12. The lowest BCUT2D eigenvalue weighted by molar-refractivity contribution is -0.116. The number of Topliss-reactive ketones (excluding diaryl/α,β-unsaturated/α-hetero) is 1. The van der Waals surface area contributed by atoms with Crippen molar-refractivity contribution in [3.8, 4) is 0 Å². The van der Waals surface area contributed by atoms with Gasteiger partial charge in [-0.25, -0.2) is 4.79 Å². The van der Waals surface area contributed by atoms with Crippen molar-refractivity contribution in [2.75, 3.05) is 5.88 Å². The van der Waals surface area contributed by atoms with Crippen LogP contribution in [0.1, 0.15) is 11.1 Å². The van der Waals surface area contributed by atoms with Gasteiger partial charge in [0.2, 0.25) is 0 Å². The predicted octanol–water partition coefficient (Wildman–Crippen LogP) is 4.94. The van der Waals surface area contributed by atoms with E-state index in [1.807, 2.05) is 48.5 Å². The number of carbonyl (C=O) groups excluding carboxylic acids is 2. The van der Waals surface area contributed by atoms with Crippen LogP contribution < -0.4 is 0 Å². The number of halogens is 2. The molecule has 2 aromatic carbocycles. The Balaban J connectivity index is 1.89. The van der Waals surface area contributed by atoms with E-state index >= 15 is 0 Å². The van der Waals surface area contributed by atoms with E-state index in [2.05, 4.69) is 15.9 Å². The number of nitrogens with zero attached hydrogens (tertiary/aromatic N) is 1. The fraction of sp³-hybridized carbons (Fsp3) is 0.158. The Labute approximate surface area is 158 Å². The lowest BCUT2D eigenvalue weighted by Gasteiger charge is -2.06. The summed E-state index contributed by atoms with van der Waals surface area (Å²) in [5, 5.41) is 0.824. The number of hydrogen-bond donors (Lipinski definition) is 0. The van der Waals surface area contributed by atoms with Gasteiger partial charge < -0.3 is 4.74 Å². The third-order valence-corrected chi connectivity index (χ3v) is 4.58. The maximum atomic E-state index is 12.5. The van der Waals surface area contributed by atoms with Crippen LogP contribution in [0.5, 0.6) is 0 Å². The first-order valence-corrected chi connectivity index (χ1v) is 8.99. The Kier molecular flexibility index (Phi) is 5.56. The predicted molar refractivity (Wildman–Crippen MR) is 101 cm³/mol. The summed E-state index contributed by atoms with van der Waals surface area (Å²) in [7, 11) is 0. The monoisotopic (exact) mass is 419 g/mol. The minimum atomic E-state index is -0.485. The van der Waals surface area contributed by atoms with Gasteiger partial charge in [0.05, 0.1) is 11.4 Å². The van der Waals surface area contributed by atoms with Gasteiger partial charge in [0.1, 0.15) is 6.61 Å². The highest BCUT2D eigenvalue weighted by Gasteiger charge is 2.17. The molecule has 0 aliphatic rings. The summed E-state index contributed by atoms with van der Waals surface area (Å²) >= 11 is 9.04. The molecule has 0 amide bonds. The Hall–Kier alpha value is -2.11. The van der Waals surface area contributed by atoms with E-state index in [0.717, 1.165) is 21.0 Å². The molecule has 0 aliphatic carbocycles. The first-order valence-electron chi connectivity index (χ1n) is 7.66. The van der Waals surface area contributed by atoms with Crippen molar-refractivity contribution >= 4 is 50.3 Å². The molecule has 0 saturated carbocycles. The van der Waals surface area contributed by atoms with Crippen molar-refractivity contribution in [2.45, 2.75) is 13.0 Å². The molecular weight excluding hydrogens is 406 g/mol. The topological polar surface area (TPSA) is 48.3 Å². The first-order chi connectivity index (χ1) is 12.1. The summed E-state index contributed by atoms with van der Waals surface area (Å²) in [6, 6.07) is 15.0. The van der Waals surface area contributed by atoms with Crippen molar-refractivity contribution in [1.29, 1.82) is 0 Å². The first kappa shape index (κ1) is 17.7. The second-order valence-electron chi connectivity index (χ2n) is 5.58. The lowest BCUT2D eigenvalue weighted by Crippen LogP contribution is -2.12. The molecule has 1 aromatic heterocycles. The molecule has 0 N–H and O–H groups in total. The smallest absolute Gasteiger partial charge is 0.418 e. The molecule has 0 unspecified atom stereocenters. The van der Waals surface area contributed by atoms with Crippen molar-refractivity contribution in [1.82, 2.24) is 4.57 Å². The average molecular weight is 421 g/mol. The maximum Gasteiger partial charge on any atom is 0.418 e. The summed E-state index contributed by atoms with van der Waals surface area (Å²) in [4.78, 5) is 24.2. The highest BCUT2D eigenvalue weighted by atomic mass is 79.9. The van der Waals surface area contributed by atoms with Crippen LogP contribution in [0.15, 0.2) is 59.2 Å². The van der Waals surface area contributed by atoms with Crippen LogP contribution in [0.4, 0.5) is 4.79 Å². The van der Waals surface area contributed by atoms with Gasteiger partial charge >= 0.3 is 6.09 Å². The zero-order valence-corrected chi connectivity index (χ0v) is 15.6. The van der Waals surface area contributed by atoms with Crippen molar-refractivity contribution in [2.24, 2.45) is 0 Å².